The molecule has 13 heteroatoms. The molecule has 182 valence electrons. The van der Waals surface area contributed by atoms with Crippen LogP contribution in [0.15, 0.2) is 46.7 Å². The Morgan fingerprint density at radius 1 is 1.00 bits per heavy atom. The van der Waals surface area contributed by atoms with E-state index in [0.717, 1.165) is 27.7 Å². The highest BCUT2D eigenvalue weighted by Gasteiger charge is 2.35. The van der Waals surface area contributed by atoms with Gasteiger partial charge in [0.15, 0.2) is 5.13 Å². The number of aromatic nitrogens is 1. The molecule has 2 aromatic carbocycles. The summed E-state index contributed by atoms with van der Waals surface area (Å²) < 4.78 is 79.6. The molecular weight excluding hydrogens is 537 g/mol. The standard InChI is InChI=1S/C21H17Cl2F4N3O2S2/c22-16-3-2-14(21(25,26)27)11-19(16)34(31,32)30-7-5-29(6-8-30)20-28-15(12-33-20)9-13-1-4-18(24)17(23)10-13/h1-4,10-12H,5-9H2. The van der Waals surface area contributed by atoms with Crippen molar-refractivity contribution in [2.45, 2.75) is 17.5 Å². The van der Waals surface area contributed by atoms with Crippen LogP contribution in [0.3, 0.4) is 0 Å². The van der Waals surface area contributed by atoms with Crippen LogP contribution in [0, 0.1) is 5.82 Å². The van der Waals surface area contributed by atoms with E-state index in [4.69, 9.17) is 23.2 Å². The van der Waals surface area contributed by atoms with Gasteiger partial charge in [-0.25, -0.2) is 17.8 Å². The summed E-state index contributed by atoms with van der Waals surface area (Å²) in [5, 5.41) is 2.32. The first kappa shape index (κ1) is 25.2. The van der Waals surface area contributed by atoms with Crippen LogP contribution in [-0.4, -0.2) is 43.9 Å². The van der Waals surface area contributed by atoms with Crippen LogP contribution in [0.4, 0.5) is 22.7 Å². The predicted octanol–water partition coefficient (Wildman–Crippen LogP) is 5.71. The van der Waals surface area contributed by atoms with E-state index in [9.17, 15) is 26.0 Å². The zero-order valence-corrected chi connectivity index (χ0v) is 20.5. The molecule has 3 aromatic rings. The fourth-order valence-electron chi connectivity index (χ4n) is 3.52. The Morgan fingerprint density at radius 2 is 1.71 bits per heavy atom. The number of thiazole rings is 1. The molecule has 34 heavy (non-hydrogen) atoms. The lowest BCUT2D eigenvalue weighted by atomic mass is 10.1. The van der Waals surface area contributed by atoms with E-state index in [-0.39, 0.29) is 23.1 Å². The molecule has 0 radical (unpaired) electrons. The molecule has 1 aliphatic rings. The summed E-state index contributed by atoms with van der Waals surface area (Å²) in [6, 6.07) is 6.72. The van der Waals surface area contributed by atoms with E-state index in [1.165, 1.54) is 17.4 Å². The maximum absolute atomic E-state index is 13.3. The number of nitrogens with zero attached hydrogens (tertiary/aromatic N) is 3. The largest absolute Gasteiger partial charge is 0.416 e. The summed E-state index contributed by atoms with van der Waals surface area (Å²) in [4.78, 5) is 5.92. The van der Waals surface area contributed by atoms with Gasteiger partial charge >= 0.3 is 6.18 Å². The third-order valence-corrected chi connectivity index (χ3v) is 8.91. The number of halogens is 6. The summed E-state index contributed by atoms with van der Waals surface area (Å²) in [6.07, 6.45) is -4.23. The molecule has 4 rings (SSSR count). The quantitative estimate of drug-likeness (QED) is 0.380. The summed E-state index contributed by atoms with van der Waals surface area (Å²) in [6.45, 7) is 0.755. The first-order valence-corrected chi connectivity index (χ1v) is 13.0. The van der Waals surface area contributed by atoms with Crippen LogP contribution in [0.25, 0.3) is 0 Å². The molecule has 0 spiro atoms. The second-order valence-corrected chi connectivity index (χ2v) is 11.1. The van der Waals surface area contributed by atoms with Gasteiger partial charge in [0.1, 0.15) is 10.7 Å². The third-order valence-electron chi connectivity index (χ3n) is 5.29. The maximum Gasteiger partial charge on any atom is 0.416 e. The monoisotopic (exact) mass is 553 g/mol. The summed E-state index contributed by atoms with van der Waals surface area (Å²) >= 11 is 13.2. The highest BCUT2D eigenvalue weighted by Crippen LogP contribution is 2.35. The van der Waals surface area contributed by atoms with Crippen LogP contribution in [-0.2, 0) is 22.6 Å². The van der Waals surface area contributed by atoms with E-state index < -0.39 is 32.5 Å². The topological polar surface area (TPSA) is 53.5 Å². The van der Waals surface area contributed by atoms with Gasteiger partial charge in [-0.05, 0) is 35.9 Å². The molecule has 0 saturated carbocycles. The number of hydrogen-bond acceptors (Lipinski definition) is 5. The molecule has 1 saturated heterocycles. The lowest BCUT2D eigenvalue weighted by Crippen LogP contribution is -2.48. The minimum absolute atomic E-state index is 0.0335. The van der Waals surface area contributed by atoms with Crippen molar-refractivity contribution in [1.29, 1.82) is 0 Å². The Balaban J connectivity index is 1.44. The Bertz CT molecular complexity index is 1310. The highest BCUT2D eigenvalue weighted by atomic mass is 35.5. The average Bonchev–Trinajstić information content (AvgIpc) is 3.24. The number of piperazine rings is 1. The molecule has 0 bridgehead atoms. The Hall–Kier alpha value is -1.92. The zero-order chi connectivity index (χ0) is 24.7. The second kappa shape index (κ2) is 9.62. The maximum atomic E-state index is 13.3. The van der Waals surface area contributed by atoms with Crippen molar-refractivity contribution in [2.75, 3.05) is 31.1 Å². The fourth-order valence-corrected chi connectivity index (χ4v) is 6.52. The number of anilines is 1. The molecule has 1 aromatic heterocycles. The molecule has 0 unspecified atom stereocenters. The van der Waals surface area contributed by atoms with Gasteiger partial charge in [-0.15, -0.1) is 11.3 Å². The lowest BCUT2D eigenvalue weighted by Gasteiger charge is -2.34. The van der Waals surface area contributed by atoms with Crippen LogP contribution in [0.2, 0.25) is 10.0 Å². The molecule has 1 aliphatic heterocycles. The summed E-state index contributed by atoms with van der Waals surface area (Å²) in [5.74, 6) is -0.497. The highest BCUT2D eigenvalue weighted by molar-refractivity contribution is 7.89. The first-order valence-electron chi connectivity index (χ1n) is 9.95. The van der Waals surface area contributed by atoms with Gasteiger partial charge < -0.3 is 4.90 Å². The minimum atomic E-state index is -4.69. The van der Waals surface area contributed by atoms with E-state index in [1.807, 2.05) is 10.3 Å². The van der Waals surface area contributed by atoms with Gasteiger partial charge in [0.2, 0.25) is 10.0 Å². The van der Waals surface area contributed by atoms with E-state index in [1.54, 1.807) is 12.1 Å². The van der Waals surface area contributed by atoms with Crippen molar-refractivity contribution >= 4 is 49.7 Å². The van der Waals surface area contributed by atoms with Crippen LogP contribution >= 0.6 is 34.5 Å². The van der Waals surface area contributed by atoms with Gasteiger partial charge in [-0.1, -0.05) is 29.3 Å². The number of alkyl halides is 3. The molecule has 2 heterocycles. The predicted molar refractivity (Wildman–Crippen MR) is 124 cm³/mol. The minimum Gasteiger partial charge on any atom is -0.345 e. The van der Waals surface area contributed by atoms with Gasteiger partial charge in [0, 0.05) is 38.0 Å². The molecular formula is C21H17Cl2F4N3O2S2. The van der Waals surface area contributed by atoms with Crippen molar-refractivity contribution < 1.29 is 26.0 Å². The molecule has 0 amide bonds. The SMILES string of the molecule is O=S(=O)(c1cc(C(F)(F)F)ccc1Cl)N1CCN(c2nc(Cc3ccc(F)c(Cl)c3)cs2)CC1. The van der Waals surface area contributed by atoms with Crippen molar-refractivity contribution in [3.05, 3.63) is 74.5 Å². The number of benzene rings is 2. The second-order valence-electron chi connectivity index (χ2n) is 7.58. The van der Waals surface area contributed by atoms with Gasteiger partial charge in [0.05, 0.1) is 21.3 Å². The van der Waals surface area contributed by atoms with Crippen LogP contribution in [0.1, 0.15) is 16.8 Å². The molecule has 1 fully saturated rings. The summed E-state index contributed by atoms with van der Waals surface area (Å²) in [7, 11) is -4.21. The van der Waals surface area contributed by atoms with E-state index in [0.29, 0.717) is 30.7 Å². The van der Waals surface area contributed by atoms with Crippen LogP contribution < -0.4 is 4.90 Å². The van der Waals surface area contributed by atoms with E-state index in [2.05, 4.69) is 4.98 Å². The molecule has 0 atom stereocenters. The Morgan fingerprint density at radius 3 is 2.35 bits per heavy atom. The molecule has 0 N–H and O–H groups in total. The van der Waals surface area contributed by atoms with Crippen molar-refractivity contribution in [3.8, 4) is 0 Å². The van der Waals surface area contributed by atoms with Gasteiger partial charge in [-0.3, -0.25) is 0 Å². The van der Waals surface area contributed by atoms with Crippen molar-refractivity contribution in [3.63, 3.8) is 0 Å². The normalized spacial score (nSPS) is 15.6. The van der Waals surface area contributed by atoms with Crippen LogP contribution in [0.5, 0.6) is 0 Å². The van der Waals surface area contributed by atoms with E-state index >= 15 is 0 Å². The smallest absolute Gasteiger partial charge is 0.345 e. The van der Waals surface area contributed by atoms with Gasteiger partial charge in [0.25, 0.3) is 0 Å². The third kappa shape index (κ3) is 5.33. The zero-order valence-electron chi connectivity index (χ0n) is 17.3. The number of hydrogen-bond donors (Lipinski definition) is 0. The first-order chi connectivity index (χ1) is 15.9. The average molecular weight is 554 g/mol. The lowest BCUT2D eigenvalue weighted by molar-refractivity contribution is -0.137. The Kier molecular flexibility index (Phi) is 7.12. The Labute approximate surface area is 207 Å². The molecule has 0 aliphatic carbocycles. The molecule has 5 nitrogen and oxygen atoms in total. The van der Waals surface area contributed by atoms with Crippen molar-refractivity contribution in [1.82, 2.24) is 9.29 Å². The number of sulfonamides is 1. The fraction of sp³-hybridized carbons (Fsp3) is 0.286. The van der Waals surface area contributed by atoms with Crippen molar-refractivity contribution in [2.24, 2.45) is 0 Å². The number of rotatable bonds is 5. The summed E-state index contributed by atoms with van der Waals surface area (Å²) in [5.41, 5.74) is 0.484. The van der Waals surface area contributed by atoms with Gasteiger partial charge in [-0.2, -0.15) is 17.5 Å².